The fourth-order valence-corrected chi connectivity index (χ4v) is 20.2. The third-order valence-electron chi connectivity index (χ3n) is 29.8. The molecule has 7 aliphatic rings. The van der Waals surface area contributed by atoms with Gasteiger partial charge in [-0.2, -0.15) is 0 Å². The molecule has 3 unspecified atom stereocenters. The van der Waals surface area contributed by atoms with E-state index < -0.39 is 177 Å². The van der Waals surface area contributed by atoms with Gasteiger partial charge >= 0.3 is 18.1 Å². The van der Waals surface area contributed by atoms with Gasteiger partial charge in [-0.15, -0.1) is 6.58 Å². The highest BCUT2D eigenvalue weighted by Gasteiger charge is 2.73. The summed E-state index contributed by atoms with van der Waals surface area (Å²) in [6.07, 6.45) is 7.01. The summed E-state index contributed by atoms with van der Waals surface area (Å²) < 4.78 is 0. The van der Waals surface area contributed by atoms with Crippen molar-refractivity contribution in [2.45, 2.75) is 296 Å². The molecule has 4 saturated carbocycles. The van der Waals surface area contributed by atoms with E-state index in [2.05, 4.69) is 123 Å². The lowest BCUT2D eigenvalue weighted by Gasteiger charge is -2.38. The second-order valence-corrected chi connectivity index (χ2v) is 45.7. The van der Waals surface area contributed by atoms with Gasteiger partial charge in [0.25, 0.3) is 35.4 Å². The molecule has 4 aliphatic carbocycles. The number of primary amides is 1. The number of hydrogen-bond acceptors (Lipinski definition) is 18. The molecular formula is C107H162N18O18. The number of nitrogens with one attached hydrogen (secondary N) is 14. The van der Waals surface area contributed by atoms with Crippen LogP contribution in [-0.2, 0) is 57.5 Å². The molecule has 3 aromatic carbocycles. The van der Waals surface area contributed by atoms with Gasteiger partial charge in [-0.3, -0.25) is 71.9 Å². The monoisotopic (exact) mass is 1990 g/mol. The quantitative estimate of drug-likeness (QED) is 0.0187. The number of Topliss-reactive ketones (excluding diaryl/α,β-unsaturated/α-hetero) is 3. The summed E-state index contributed by atoms with van der Waals surface area (Å²) >= 11 is 0. The number of ketones is 3. The highest BCUT2D eigenvalue weighted by atomic mass is 16.2. The number of hydrogen-bond donors (Lipinski definition) is 15. The number of nitrogens with zero attached hydrogens (tertiary/aromatic N) is 3. The van der Waals surface area contributed by atoms with Crippen molar-refractivity contribution in [2.24, 2.45) is 97.4 Å². The maximum absolute atomic E-state index is 14.3. The molecule has 0 bridgehead atoms. The van der Waals surface area contributed by atoms with Gasteiger partial charge in [-0.1, -0.05) is 259 Å². The van der Waals surface area contributed by atoms with E-state index in [1.807, 2.05) is 143 Å². The summed E-state index contributed by atoms with van der Waals surface area (Å²) in [5.41, 5.74) is 4.14. The number of amides is 18. The first kappa shape index (κ1) is 116. The molecule has 18 amide bonds. The molecule has 3 aromatic rings. The Kier molecular flexibility index (Phi) is 40.1. The highest BCUT2D eigenvalue weighted by molar-refractivity contribution is 6.39. The smallest absolute Gasteiger partial charge is 0.315 e. The van der Waals surface area contributed by atoms with E-state index in [0.29, 0.717) is 68.6 Å². The van der Waals surface area contributed by atoms with Gasteiger partial charge in [0.2, 0.25) is 52.8 Å². The molecule has 3 aliphatic heterocycles. The molecule has 143 heavy (non-hydrogen) atoms. The number of likely N-dealkylation sites (tertiary alicyclic amines) is 3. The van der Waals surface area contributed by atoms with Crippen molar-refractivity contribution in [1.82, 2.24) is 89.1 Å². The lowest BCUT2D eigenvalue weighted by molar-refractivity contribution is -0.145. The minimum Gasteiger partial charge on any atom is -0.363 e. The van der Waals surface area contributed by atoms with Crippen molar-refractivity contribution in [3.8, 4) is 0 Å². The van der Waals surface area contributed by atoms with Gasteiger partial charge in [0.1, 0.15) is 36.3 Å². The van der Waals surface area contributed by atoms with E-state index in [0.717, 1.165) is 19.3 Å². The van der Waals surface area contributed by atoms with E-state index >= 15 is 0 Å². The predicted molar refractivity (Wildman–Crippen MR) is 544 cm³/mol. The third kappa shape index (κ3) is 29.8. The van der Waals surface area contributed by atoms with Crippen molar-refractivity contribution >= 4 is 106 Å². The normalized spacial score (nSPS) is 22.0. The molecule has 3 saturated heterocycles. The zero-order valence-corrected chi connectivity index (χ0v) is 88.4. The molecule has 3 heterocycles. The molecule has 36 heteroatoms. The van der Waals surface area contributed by atoms with Crippen molar-refractivity contribution in [2.75, 3.05) is 52.4 Å². The van der Waals surface area contributed by atoms with Crippen LogP contribution in [0.2, 0.25) is 0 Å². The predicted octanol–water partition coefficient (Wildman–Crippen LogP) is 8.18. The van der Waals surface area contributed by atoms with Crippen LogP contribution in [0.25, 0.3) is 0 Å². The molecule has 16 N–H and O–H groups in total. The lowest BCUT2D eigenvalue weighted by Crippen LogP contribution is -2.62. The van der Waals surface area contributed by atoms with Crippen LogP contribution in [0.1, 0.15) is 255 Å². The van der Waals surface area contributed by atoms with Crippen molar-refractivity contribution in [1.29, 1.82) is 0 Å². The Morgan fingerprint density at radius 1 is 0.392 bits per heavy atom. The van der Waals surface area contributed by atoms with E-state index in [-0.39, 0.29) is 132 Å². The first-order valence-corrected chi connectivity index (χ1v) is 51.0. The first-order chi connectivity index (χ1) is 66.8. The highest BCUT2D eigenvalue weighted by Crippen LogP contribution is 2.67. The van der Waals surface area contributed by atoms with Crippen molar-refractivity contribution in [3.63, 3.8) is 0 Å². The van der Waals surface area contributed by atoms with Crippen LogP contribution in [0.3, 0.4) is 0 Å². The number of urea groups is 3. The third-order valence-corrected chi connectivity index (χ3v) is 29.8. The molecule has 10 rings (SSSR count). The SMILES string of the molecule is C=CCNC(=O)C(=O)C(CCC)NC(=O)[C@@H]1[C@@H]2[C@H](CN1C(=O)[C@@H](NC(=O)N[C@H](CNC(=O)c1ccccc1)C(C)C)C(C)(C)C)C2(C)C.CC(C)[C@@H](CNC(=O)c1ccccc1)NC(=O)N[C@H](C(=O)N1C[C@H]2[C@@H]([C@H]1C(=O)NC(CC1CCC1)C(=O)C(N)=O)C2(C)C)C(C)(C)C.CCCNC(=O)C(=O)C(CCC)NC(=O)[C@@H]1[C@@H]2[C@H](CN1C(=O)[C@@H](NC(=O)N[C@H](CNC(=O)c1ccccc1)C(C)C)C(C)(C)C)C2(C)C. The maximum Gasteiger partial charge on any atom is 0.315 e. The van der Waals surface area contributed by atoms with E-state index in [9.17, 15) is 86.3 Å². The molecular weight excluding hydrogens is 1830 g/mol. The molecule has 0 aromatic heterocycles. The second kappa shape index (κ2) is 49.4. The average Bonchev–Trinajstić information content (AvgIpc) is 1.53. The minimum absolute atomic E-state index is 0.0283. The van der Waals surface area contributed by atoms with Gasteiger partial charge in [-0.25, -0.2) is 14.4 Å². The molecule has 7 fully saturated rings. The van der Waals surface area contributed by atoms with Crippen LogP contribution in [-0.4, -0.2) is 246 Å². The Balaban J connectivity index is 0.000000262. The fourth-order valence-electron chi connectivity index (χ4n) is 20.2. The van der Waals surface area contributed by atoms with Crippen LogP contribution in [0, 0.1) is 91.7 Å². The summed E-state index contributed by atoms with van der Waals surface area (Å²) in [5.74, 6) is -8.36. The Bertz CT molecular complexity index is 5060. The second-order valence-electron chi connectivity index (χ2n) is 45.7. The average molecular weight is 1990 g/mol. The number of carbonyl (C=O) groups is 18. The van der Waals surface area contributed by atoms with Crippen LogP contribution < -0.4 is 80.2 Å². The van der Waals surface area contributed by atoms with Crippen LogP contribution >= 0.6 is 0 Å². The fraction of sp³-hybridized carbons (Fsp3) is 0.645. The number of carbonyl (C=O) groups excluding carboxylic acids is 18. The first-order valence-electron chi connectivity index (χ1n) is 51.0. The summed E-state index contributed by atoms with van der Waals surface area (Å²) in [4.78, 5) is 243. The summed E-state index contributed by atoms with van der Waals surface area (Å²) in [6, 6.07) is 14.8. The Morgan fingerprint density at radius 3 is 0.923 bits per heavy atom. The van der Waals surface area contributed by atoms with E-state index in [4.69, 9.17) is 5.73 Å². The Labute approximate surface area is 844 Å². The molecule has 788 valence electrons. The largest absolute Gasteiger partial charge is 0.363 e. The topological polar surface area (TPSA) is 511 Å². The van der Waals surface area contributed by atoms with Gasteiger partial charge in [0.05, 0.1) is 36.3 Å². The molecule has 0 radical (unpaired) electrons. The summed E-state index contributed by atoms with van der Waals surface area (Å²) in [6.45, 7) is 51.6. The van der Waals surface area contributed by atoms with Gasteiger partial charge < -0.3 is 94.9 Å². The molecule has 18 atom stereocenters. The molecule has 36 nitrogen and oxygen atoms in total. The zero-order chi connectivity index (χ0) is 107. The zero-order valence-electron chi connectivity index (χ0n) is 88.4. The van der Waals surface area contributed by atoms with Crippen LogP contribution in [0.4, 0.5) is 14.4 Å². The number of piperidine rings is 3. The minimum atomic E-state index is -1.10. The van der Waals surface area contributed by atoms with Crippen molar-refractivity contribution in [3.05, 3.63) is 120 Å². The number of benzene rings is 3. The summed E-state index contributed by atoms with van der Waals surface area (Å²) in [7, 11) is 0. The Hall–Kier alpha value is -12.1. The van der Waals surface area contributed by atoms with E-state index in [1.54, 1.807) is 72.8 Å². The van der Waals surface area contributed by atoms with Crippen LogP contribution in [0.5, 0.6) is 0 Å². The van der Waals surface area contributed by atoms with E-state index in [1.165, 1.54) is 20.8 Å². The molecule has 0 spiro atoms. The number of rotatable bonds is 43. The van der Waals surface area contributed by atoms with Gasteiger partial charge in [0, 0.05) is 69.0 Å². The van der Waals surface area contributed by atoms with Crippen molar-refractivity contribution < 1.29 is 86.3 Å². The maximum atomic E-state index is 14.3. The number of fused-ring (bicyclic) bond motifs is 3. The number of nitrogens with two attached hydrogens (primary N) is 1. The van der Waals surface area contributed by atoms with Gasteiger partial charge in [-0.05, 0) is 154 Å². The van der Waals surface area contributed by atoms with Gasteiger partial charge in [0.15, 0.2) is 0 Å². The Morgan fingerprint density at radius 2 is 0.678 bits per heavy atom. The lowest BCUT2D eigenvalue weighted by atomic mass is 9.80. The summed E-state index contributed by atoms with van der Waals surface area (Å²) in [5, 5.41) is 39.4. The van der Waals surface area contributed by atoms with Crippen LogP contribution in [0.15, 0.2) is 104 Å². The standard InChI is InChI=1S/C36H56N6O6.C36H54N6O6.C35H52N6O6/c2*1-10-15-24(28(43)32(46)37-18-11-2)39-31(45)27-26-23(36(26,8)9)20-42(27)33(47)29(35(5,6)7)41-34(48)40-25(21(3)4)19-38-30(44)22-16-13-12-14-17-22;1-19(2)24(17-37-30(44)21-14-9-8-10-15-21)39-33(47)40-28(34(3,4)5)32(46)41-18-22-25(35(22,6)7)26(41)31(45)38-23(27(42)29(36)43)16-20-12-11-13-20/h12-14,16-17,21,23-27,29H,10-11,15,18-20H2,1-9H3,(H,37,46)(H,38,44)(H,39,45)(H2,40,41,48);11-14,16-17,21,23-27,29H,2,10,15,18-20H2,1,3-9H3,(H,37,46)(H,38,44)(H,39,45)(H2,40,41,48);8-10,14-15,19-20,22-26,28H,11-13,16-18H2,1-7H3,(H2,36,43)(H,37,44)(H,38,45)(H2,39,40,47)/t2*23-,24?,25+,26-,27-,29+;22-,23?,24+,25-,26-,28+/m000/s1.